The van der Waals surface area contributed by atoms with Crippen molar-refractivity contribution in [1.29, 1.82) is 0 Å². The van der Waals surface area contributed by atoms with Crippen LogP contribution in [0.1, 0.15) is 10.4 Å². The van der Waals surface area contributed by atoms with Crippen molar-refractivity contribution in [3.63, 3.8) is 0 Å². The number of esters is 1. The van der Waals surface area contributed by atoms with Gasteiger partial charge < -0.3 is 4.74 Å². The van der Waals surface area contributed by atoms with Crippen LogP contribution in [0.3, 0.4) is 0 Å². The summed E-state index contributed by atoms with van der Waals surface area (Å²) in [6.45, 7) is 0. The molecule has 0 N–H and O–H groups in total. The van der Waals surface area contributed by atoms with Crippen LogP contribution in [-0.4, -0.2) is 13.1 Å². The maximum absolute atomic E-state index is 14.1. The molecular formula is C14H6Cl2F4O2. The van der Waals surface area contributed by atoms with E-state index in [0.717, 1.165) is 7.11 Å². The third-order valence-electron chi connectivity index (χ3n) is 2.87. The van der Waals surface area contributed by atoms with E-state index in [1.165, 1.54) is 18.2 Å². The smallest absolute Gasteiger partial charge is 0.344 e. The Balaban J connectivity index is 2.89. The molecule has 0 spiro atoms. The Kier molecular flexibility index (Phi) is 4.63. The molecule has 2 nitrogen and oxygen atoms in total. The van der Waals surface area contributed by atoms with Crippen LogP contribution in [0.25, 0.3) is 11.1 Å². The zero-order valence-electron chi connectivity index (χ0n) is 10.8. The first kappa shape index (κ1) is 16.6. The van der Waals surface area contributed by atoms with Gasteiger partial charge in [-0.05, 0) is 12.1 Å². The molecule has 0 unspecified atom stereocenters. The van der Waals surface area contributed by atoms with Crippen LogP contribution >= 0.6 is 23.2 Å². The van der Waals surface area contributed by atoms with E-state index in [2.05, 4.69) is 4.74 Å². The highest BCUT2D eigenvalue weighted by molar-refractivity contribution is 6.39. The van der Waals surface area contributed by atoms with Gasteiger partial charge in [-0.3, -0.25) is 0 Å². The minimum atomic E-state index is -1.89. The summed E-state index contributed by atoms with van der Waals surface area (Å²) in [5.41, 5.74) is -2.99. The maximum atomic E-state index is 14.1. The molecule has 0 atom stereocenters. The number of hydrogen-bond acceptors (Lipinski definition) is 2. The quantitative estimate of drug-likeness (QED) is 0.431. The molecule has 2 aromatic rings. The maximum Gasteiger partial charge on any atom is 0.344 e. The van der Waals surface area contributed by atoms with Gasteiger partial charge in [-0.15, -0.1) is 0 Å². The van der Waals surface area contributed by atoms with Crippen LogP contribution in [0.5, 0.6) is 0 Å². The SMILES string of the molecule is COC(=O)c1c(F)c(F)c(-c2c(Cl)cccc2Cl)c(F)c1F. The number of carbonyl (C=O) groups is 1. The van der Waals surface area contributed by atoms with E-state index in [9.17, 15) is 22.4 Å². The number of ether oxygens (including phenoxy) is 1. The van der Waals surface area contributed by atoms with Gasteiger partial charge in [-0.25, -0.2) is 22.4 Å². The normalized spacial score (nSPS) is 10.7. The molecule has 0 aliphatic rings. The average molecular weight is 353 g/mol. The minimum Gasteiger partial charge on any atom is -0.465 e. The molecule has 0 saturated carbocycles. The molecule has 0 radical (unpaired) electrons. The van der Waals surface area contributed by atoms with Crippen LogP contribution < -0.4 is 0 Å². The first-order valence-electron chi connectivity index (χ1n) is 5.69. The number of hydrogen-bond donors (Lipinski definition) is 0. The predicted molar refractivity (Wildman–Crippen MR) is 73.1 cm³/mol. The fourth-order valence-electron chi connectivity index (χ4n) is 1.87. The van der Waals surface area contributed by atoms with Gasteiger partial charge in [0.15, 0.2) is 23.3 Å². The summed E-state index contributed by atoms with van der Waals surface area (Å²) in [5, 5.41) is -0.426. The van der Waals surface area contributed by atoms with E-state index < -0.39 is 45.9 Å². The standard InChI is InChI=1S/C14H6Cl2F4O2/c1-22-14(21)9-12(19)10(17)8(11(18)13(9)20)7-5(15)3-2-4-6(7)16/h2-4H,1H3. The molecule has 2 aromatic carbocycles. The summed E-state index contributed by atoms with van der Waals surface area (Å²) < 4.78 is 60.2. The predicted octanol–water partition coefficient (Wildman–Crippen LogP) is 5.00. The molecule has 8 heteroatoms. The topological polar surface area (TPSA) is 26.3 Å². The second kappa shape index (κ2) is 6.14. The molecule has 0 aliphatic carbocycles. The second-order valence-corrected chi connectivity index (χ2v) is 4.91. The number of halogens is 6. The Bertz CT molecular complexity index is 729. The van der Waals surface area contributed by atoms with Gasteiger partial charge in [0, 0.05) is 5.56 Å². The van der Waals surface area contributed by atoms with E-state index >= 15 is 0 Å². The number of rotatable bonds is 2. The van der Waals surface area contributed by atoms with Crippen LogP contribution in [0.2, 0.25) is 10.0 Å². The fourth-order valence-corrected chi connectivity index (χ4v) is 2.46. The second-order valence-electron chi connectivity index (χ2n) is 4.09. The first-order valence-corrected chi connectivity index (χ1v) is 6.45. The summed E-state index contributed by atoms with van der Waals surface area (Å²) in [6.07, 6.45) is 0. The first-order chi connectivity index (χ1) is 10.3. The highest BCUT2D eigenvalue weighted by Gasteiger charge is 2.32. The highest BCUT2D eigenvalue weighted by atomic mass is 35.5. The lowest BCUT2D eigenvalue weighted by atomic mass is 10.0. The molecule has 0 heterocycles. The Morgan fingerprint density at radius 2 is 1.36 bits per heavy atom. The van der Waals surface area contributed by atoms with E-state index in [4.69, 9.17) is 23.2 Å². The largest absolute Gasteiger partial charge is 0.465 e. The zero-order valence-corrected chi connectivity index (χ0v) is 12.3. The van der Waals surface area contributed by atoms with Crippen molar-refractivity contribution in [2.75, 3.05) is 7.11 Å². The highest BCUT2D eigenvalue weighted by Crippen LogP contribution is 2.40. The van der Waals surface area contributed by atoms with Crippen molar-refractivity contribution >= 4 is 29.2 Å². The van der Waals surface area contributed by atoms with Crippen LogP contribution in [0.15, 0.2) is 18.2 Å². The lowest BCUT2D eigenvalue weighted by molar-refractivity contribution is 0.0587. The molecule has 0 aromatic heterocycles. The molecule has 0 aliphatic heterocycles. The summed E-state index contributed by atoms with van der Waals surface area (Å²) in [6, 6.07) is 3.87. The molecule has 0 amide bonds. The van der Waals surface area contributed by atoms with Crippen molar-refractivity contribution < 1.29 is 27.1 Å². The Hall–Kier alpha value is -1.79. The lowest BCUT2D eigenvalue weighted by Gasteiger charge is -2.13. The molecular weight excluding hydrogens is 347 g/mol. The zero-order chi connectivity index (χ0) is 16.6. The van der Waals surface area contributed by atoms with E-state index in [-0.39, 0.29) is 10.0 Å². The number of carbonyl (C=O) groups excluding carboxylic acids is 1. The molecule has 22 heavy (non-hydrogen) atoms. The van der Waals surface area contributed by atoms with Gasteiger partial charge in [0.2, 0.25) is 0 Å². The minimum absolute atomic E-state index is 0.213. The summed E-state index contributed by atoms with van der Waals surface area (Å²) in [5.74, 6) is -8.93. The molecule has 2 rings (SSSR count). The van der Waals surface area contributed by atoms with Crippen molar-refractivity contribution in [1.82, 2.24) is 0 Å². The van der Waals surface area contributed by atoms with Gasteiger partial charge >= 0.3 is 5.97 Å². The molecule has 0 saturated heterocycles. The van der Waals surface area contributed by atoms with Gasteiger partial charge in [-0.2, -0.15) is 0 Å². The van der Waals surface area contributed by atoms with Gasteiger partial charge in [0.25, 0.3) is 0 Å². The number of methoxy groups -OCH3 is 1. The average Bonchev–Trinajstić information content (AvgIpc) is 2.48. The number of benzene rings is 2. The fraction of sp³-hybridized carbons (Fsp3) is 0.0714. The summed E-state index contributed by atoms with van der Waals surface area (Å²) in [7, 11) is 0.815. The van der Waals surface area contributed by atoms with Crippen molar-refractivity contribution in [3.8, 4) is 11.1 Å². The van der Waals surface area contributed by atoms with Gasteiger partial charge in [0.1, 0.15) is 5.56 Å². The summed E-state index contributed by atoms with van der Waals surface area (Å²) in [4.78, 5) is 11.3. The van der Waals surface area contributed by atoms with Crippen molar-refractivity contribution in [3.05, 3.63) is 57.1 Å². The lowest BCUT2D eigenvalue weighted by Crippen LogP contribution is -2.13. The molecule has 116 valence electrons. The molecule has 0 bridgehead atoms. The van der Waals surface area contributed by atoms with Crippen LogP contribution in [-0.2, 0) is 4.74 Å². The van der Waals surface area contributed by atoms with E-state index in [1.54, 1.807) is 0 Å². The van der Waals surface area contributed by atoms with Crippen molar-refractivity contribution in [2.24, 2.45) is 0 Å². The third kappa shape index (κ3) is 2.53. The monoisotopic (exact) mass is 352 g/mol. The van der Waals surface area contributed by atoms with Crippen LogP contribution in [0.4, 0.5) is 17.6 Å². The Morgan fingerprint density at radius 1 is 0.909 bits per heavy atom. The van der Waals surface area contributed by atoms with E-state index in [0.29, 0.717) is 0 Å². The Labute approximate surface area is 132 Å². The van der Waals surface area contributed by atoms with Gasteiger partial charge in [-0.1, -0.05) is 29.3 Å². The van der Waals surface area contributed by atoms with Gasteiger partial charge in [0.05, 0.1) is 22.7 Å². The van der Waals surface area contributed by atoms with E-state index in [1.807, 2.05) is 0 Å². The Morgan fingerprint density at radius 3 is 1.77 bits per heavy atom. The van der Waals surface area contributed by atoms with Crippen LogP contribution in [0, 0.1) is 23.3 Å². The third-order valence-corrected chi connectivity index (χ3v) is 3.50. The molecule has 0 fully saturated rings. The summed E-state index contributed by atoms with van der Waals surface area (Å²) >= 11 is 11.6. The van der Waals surface area contributed by atoms with Crippen molar-refractivity contribution in [2.45, 2.75) is 0 Å².